The van der Waals surface area contributed by atoms with Crippen molar-refractivity contribution >= 4 is 22.8 Å². The van der Waals surface area contributed by atoms with Crippen LogP contribution in [-0.4, -0.2) is 25.0 Å². The quantitative estimate of drug-likeness (QED) is 0.685. The molecule has 1 heterocycles. The molecule has 0 bridgehead atoms. The summed E-state index contributed by atoms with van der Waals surface area (Å²) in [6.07, 6.45) is 0. The molecule has 0 saturated carbocycles. The number of fused-ring (bicyclic) bond motifs is 1. The van der Waals surface area contributed by atoms with Crippen LogP contribution in [0.25, 0.3) is 11.0 Å². The summed E-state index contributed by atoms with van der Waals surface area (Å²) in [5.74, 6) is 0.607. The summed E-state index contributed by atoms with van der Waals surface area (Å²) in [5, 5.41) is 6.31. The molecule has 0 aliphatic rings. The molecule has 3 rings (SSSR count). The van der Waals surface area contributed by atoms with E-state index in [-0.39, 0.29) is 31.0 Å². The molecule has 0 saturated heterocycles. The summed E-state index contributed by atoms with van der Waals surface area (Å²) in [4.78, 5) is 23.8. The van der Waals surface area contributed by atoms with Gasteiger partial charge in [0.25, 0.3) is 5.91 Å². The van der Waals surface area contributed by atoms with E-state index in [2.05, 4.69) is 10.6 Å². The van der Waals surface area contributed by atoms with Gasteiger partial charge in [-0.1, -0.05) is 36.4 Å². The fourth-order valence-corrected chi connectivity index (χ4v) is 2.47. The second kappa shape index (κ2) is 8.20. The highest BCUT2D eigenvalue weighted by Crippen LogP contribution is 2.23. The lowest BCUT2D eigenvalue weighted by atomic mass is 10.2. The Hall–Kier alpha value is -3.28. The average Bonchev–Trinajstić information content (AvgIpc) is 3.10. The minimum absolute atomic E-state index is 0.123. The fraction of sp³-hybridized carbons (Fsp3) is 0.200. The molecule has 26 heavy (non-hydrogen) atoms. The van der Waals surface area contributed by atoms with Crippen LogP contribution >= 0.6 is 0 Å². The Morgan fingerprint density at radius 2 is 1.77 bits per heavy atom. The Morgan fingerprint density at radius 1 is 1.04 bits per heavy atom. The zero-order chi connectivity index (χ0) is 18.4. The van der Waals surface area contributed by atoms with Crippen LogP contribution < -0.4 is 15.4 Å². The molecule has 0 aliphatic carbocycles. The highest BCUT2D eigenvalue weighted by molar-refractivity contribution is 5.85. The Balaban J connectivity index is 1.43. The third-order valence-electron chi connectivity index (χ3n) is 3.81. The Morgan fingerprint density at radius 3 is 2.54 bits per heavy atom. The van der Waals surface area contributed by atoms with Gasteiger partial charge >= 0.3 is 0 Å². The molecule has 134 valence electrons. The van der Waals surface area contributed by atoms with Crippen LogP contribution in [0, 0.1) is 0 Å². The van der Waals surface area contributed by atoms with Crippen molar-refractivity contribution < 1.29 is 18.7 Å². The molecule has 1 unspecified atom stereocenters. The molecule has 1 atom stereocenters. The number of para-hydroxylation sites is 2. The molecule has 2 N–H and O–H groups in total. The fourth-order valence-electron chi connectivity index (χ4n) is 2.47. The first kappa shape index (κ1) is 17.5. The van der Waals surface area contributed by atoms with E-state index in [0.29, 0.717) is 11.5 Å². The topological polar surface area (TPSA) is 80.6 Å². The third kappa shape index (κ3) is 4.63. The van der Waals surface area contributed by atoms with Gasteiger partial charge in [-0.05, 0) is 31.2 Å². The summed E-state index contributed by atoms with van der Waals surface area (Å²) in [5.41, 5.74) is 0.773. The number of rotatable bonds is 7. The summed E-state index contributed by atoms with van der Waals surface area (Å²) < 4.78 is 11.0. The number of ether oxygens (including phenoxy) is 1. The van der Waals surface area contributed by atoms with E-state index in [0.717, 1.165) is 11.0 Å². The minimum atomic E-state index is -0.361. The molecule has 6 nitrogen and oxygen atoms in total. The lowest BCUT2D eigenvalue weighted by molar-refractivity contribution is -0.127. The highest BCUT2D eigenvalue weighted by atomic mass is 16.5. The van der Waals surface area contributed by atoms with Gasteiger partial charge in [0, 0.05) is 5.39 Å². The first-order chi connectivity index (χ1) is 12.6. The zero-order valence-corrected chi connectivity index (χ0v) is 14.4. The summed E-state index contributed by atoms with van der Waals surface area (Å²) in [7, 11) is 0. The molecule has 0 aliphatic heterocycles. The van der Waals surface area contributed by atoms with E-state index >= 15 is 0 Å². The van der Waals surface area contributed by atoms with Crippen molar-refractivity contribution in [3.05, 3.63) is 66.4 Å². The minimum Gasteiger partial charge on any atom is -0.484 e. The molecular formula is C20H20N2O4. The average molecular weight is 352 g/mol. The van der Waals surface area contributed by atoms with Gasteiger partial charge in [0.1, 0.15) is 17.1 Å². The first-order valence-corrected chi connectivity index (χ1v) is 8.34. The predicted molar refractivity (Wildman–Crippen MR) is 97.7 cm³/mol. The number of nitrogens with one attached hydrogen (secondary N) is 2. The molecular weight excluding hydrogens is 332 g/mol. The molecule has 0 spiro atoms. The van der Waals surface area contributed by atoms with Crippen LogP contribution in [0.5, 0.6) is 5.75 Å². The smallest absolute Gasteiger partial charge is 0.258 e. The molecule has 2 aromatic carbocycles. The van der Waals surface area contributed by atoms with Crippen molar-refractivity contribution in [2.45, 2.75) is 13.0 Å². The molecule has 6 heteroatoms. The van der Waals surface area contributed by atoms with Crippen molar-refractivity contribution in [1.29, 1.82) is 0 Å². The van der Waals surface area contributed by atoms with Crippen molar-refractivity contribution in [3.63, 3.8) is 0 Å². The summed E-state index contributed by atoms with van der Waals surface area (Å²) in [6.45, 7) is 1.56. The van der Waals surface area contributed by atoms with E-state index in [1.54, 1.807) is 12.1 Å². The van der Waals surface area contributed by atoms with Crippen LogP contribution in [0.3, 0.4) is 0 Å². The van der Waals surface area contributed by atoms with E-state index < -0.39 is 0 Å². The number of carbonyl (C=O) groups is 2. The molecule has 0 fully saturated rings. The first-order valence-electron chi connectivity index (χ1n) is 8.34. The number of hydrogen-bond donors (Lipinski definition) is 2. The summed E-state index contributed by atoms with van der Waals surface area (Å²) >= 11 is 0. The molecule has 3 aromatic rings. The number of hydrogen-bond acceptors (Lipinski definition) is 4. The van der Waals surface area contributed by atoms with Crippen LogP contribution in [0.1, 0.15) is 18.7 Å². The van der Waals surface area contributed by atoms with Gasteiger partial charge in [0.15, 0.2) is 6.61 Å². The van der Waals surface area contributed by atoms with Crippen LogP contribution in [0.4, 0.5) is 0 Å². The Kier molecular flexibility index (Phi) is 5.53. The van der Waals surface area contributed by atoms with Gasteiger partial charge in [-0.15, -0.1) is 0 Å². The van der Waals surface area contributed by atoms with Crippen molar-refractivity contribution in [3.8, 4) is 5.75 Å². The monoisotopic (exact) mass is 352 g/mol. The van der Waals surface area contributed by atoms with E-state index in [4.69, 9.17) is 9.15 Å². The van der Waals surface area contributed by atoms with Crippen molar-refractivity contribution in [2.24, 2.45) is 0 Å². The molecule has 1 aromatic heterocycles. The standard InChI is InChI=1S/C20H20N2O4/c1-14(18-11-15-7-5-6-10-17(15)26-18)22-19(23)12-21-20(24)13-25-16-8-3-2-4-9-16/h2-11,14H,12-13H2,1H3,(H,21,24)(H,22,23). The van der Waals surface area contributed by atoms with Crippen LogP contribution in [0.15, 0.2) is 65.1 Å². The predicted octanol–water partition coefficient (Wildman–Crippen LogP) is 2.81. The van der Waals surface area contributed by atoms with Gasteiger partial charge in [-0.25, -0.2) is 0 Å². The maximum Gasteiger partial charge on any atom is 0.258 e. The largest absolute Gasteiger partial charge is 0.484 e. The maximum atomic E-state index is 12.0. The number of carbonyl (C=O) groups excluding carboxylic acids is 2. The summed E-state index contributed by atoms with van der Waals surface area (Å²) in [6, 6.07) is 18.3. The molecule has 2 amide bonds. The maximum absolute atomic E-state index is 12.0. The second-order valence-electron chi connectivity index (χ2n) is 5.85. The van der Waals surface area contributed by atoms with Gasteiger partial charge in [0.05, 0.1) is 12.6 Å². The zero-order valence-electron chi connectivity index (χ0n) is 14.4. The molecule has 0 radical (unpaired) electrons. The highest BCUT2D eigenvalue weighted by Gasteiger charge is 2.14. The lowest BCUT2D eigenvalue weighted by Gasteiger charge is -2.12. The van der Waals surface area contributed by atoms with Gasteiger partial charge in [0.2, 0.25) is 5.91 Å². The van der Waals surface area contributed by atoms with E-state index in [1.165, 1.54) is 0 Å². The van der Waals surface area contributed by atoms with Crippen molar-refractivity contribution in [1.82, 2.24) is 10.6 Å². The lowest BCUT2D eigenvalue weighted by Crippen LogP contribution is -2.39. The van der Waals surface area contributed by atoms with E-state index in [9.17, 15) is 9.59 Å². The van der Waals surface area contributed by atoms with Gasteiger partial charge in [-0.2, -0.15) is 0 Å². The van der Waals surface area contributed by atoms with Gasteiger partial charge < -0.3 is 19.8 Å². The normalized spacial score (nSPS) is 11.7. The Bertz CT molecular complexity index is 856. The number of furan rings is 1. The van der Waals surface area contributed by atoms with Crippen LogP contribution in [0.2, 0.25) is 0 Å². The second-order valence-corrected chi connectivity index (χ2v) is 5.85. The van der Waals surface area contributed by atoms with Gasteiger partial charge in [-0.3, -0.25) is 9.59 Å². The SMILES string of the molecule is CC(NC(=O)CNC(=O)COc1ccccc1)c1cc2ccccc2o1. The Labute approximate surface area is 151 Å². The van der Waals surface area contributed by atoms with E-state index in [1.807, 2.05) is 55.5 Å². The van der Waals surface area contributed by atoms with Crippen LogP contribution in [-0.2, 0) is 9.59 Å². The number of benzene rings is 2. The van der Waals surface area contributed by atoms with Crippen molar-refractivity contribution in [2.75, 3.05) is 13.2 Å². The third-order valence-corrected chi connectivity index (χ3v) is 3.81. The number of amides is 2.